The minimum absolute atomic E-state index is 0.151. The molecular formula is C21H22O4. The minimum atomic E-state index is -1.02. The van der Waals surface area contributed by atoms with Gasteiger partial charge in [0.25, 0.3) is 0 Å². The van der Waals surface area contributed by atoms with Crippen molar-refractivity contribution < 1.29 is 19.8 Å². The Morgan fingerprint density at radius 2 is 1.60 bits per heavy atom. The van der Waals surface area contributed by atoms with Gasteiger partial charge in [-0.1, -0.05) is 62.2 Å². The van der Waals surface area contributed by atoms with E-state index in [9.17, 15) is 14.7 Å². The molecule has 0 heterocycles. The van der Waals surface area contributed by atoms with E-state index in [1.165, 1.54) is 30.3 Å². The van der Waals surface area contributed by atoms with Crippen molar-refractivity contribution in [2.24, 2.45) is 0 Å². The molecule has 2 rings (SSSR count). The fraction of sp³-hybridized carbons (Fsp3) is 0.238. The molecule has 0 amide bonds. The first-order valence-electron chi connectivity index (χ1n) is 8.35. The van der Waals surface area contributed by atoms with Crippen molar-refractivity contribution in [1.82, 2.24) is 0 Å². The molecule has 2 N–H and O–H groups in total. The van der Waals surface area contributed by atoms with Gasteiger partial charge in [0.2, 0.25) is 0 Å². The van der Waals surface area contributed by atoms with E-state index in [2.05, 4.69) is 6.92 Å². The fourth-order valence-corrected chi connectivity index (χ4v) is 2.44. The number of carboxylic acid groups (broad SMARTS) is 1. The highest BCUT2D eigenvalue weighted by atomic mass is 16.4. The molecule has 4 nitrogen and oxygen atoms in total. The summed E-state index contributed by atoms with van der Waals surface area (Å²) in [6, 6.07) is 13.3. The van der Waals surface area contributed by atoms with Crippen LogP contribution in [0.25, 0.3) is 6.08 Å². The number of aliphatic hydroxyl groups excluding tert-OH is 1. The van der Waals surface area contributed by atoms with Gasteiger partial charge in [-0.05, 0) is 35.8 Å². The number of hydrogen-bond acceptors (Lipinski definition) is 3. The van der Waals surface area contributed by atoms with Crippen molar-refractivity contribution in [2.75, 3.05) is 0 Å². The predicted octanol–water partition coefficient (Wildman–Crippen LogP) is 4.50. The highest BCUT2D eigenvalue weighted by Gasteiger charge is 2.07. The average molecular weight is 338 g/mol. The Kier molecular flexibility index (Phi) is 6.66. The third kappa shape index (κ3) is 5.40. The van der Waals surface area contributed by atoms with E-state index in [-0.39, 0.29) is 11.3 Å². The summed E-state index contributed by atoms with van der Waals surface area (Å²) in [4.78, 5) is 22.9. The topological polar surface area (TPSA) is 74.6 Å². The van der Waals surface area contributed by atoms with Gasteiger partial charge in [0.1, 0.15) is 0 Å². The van der Waals surface area contributed by atoms with Gasteiger partial charge in [-0.2, -0.15) is 0 Å². The lowest BCUT2D eigenvalue weighted by molar-refractivity contribution is 0.0696. The monoisotopic (exact) mass is 338 g/mol. The molecule has 0 aliphatic rings. The Balaban J connectivity index is 2.00. The summed E-state index contributed by atoms with van der Waals surface area (Å²) in [7, 11) is 0. The van der Waals surface area contributed by atoms with Crippen molar-refractivity contribution in [3.05, 3.63) is 76.9 Å². The third-order valence-corrected chi connectivity index (χ3v) is 4.00. The second-order valence-electron chi connectivity index (χ2n) is 5.90. The summed E-state index contributed by atoms with van der Waals surface area (Å²) < 4.78 is 0. The fourth-order valence-electron chi connectivity index (χ4n) is 2.44. The smallest absolute Gasteiger partial charge is 0.335 e. The van der Waals surface area contributed by atoms with Crippen LogP contribution in [0.3, 0.4) is 0 Å². The number of aromatic carboxylic acids is 1. The molecular weight excluding hydrogens is 316 g/mol. The van der Waals surface area contributed by atoms with Crippen molar-refractivity contribution in [2.45, 2.75) is 32.3 Å². The molecule has 1 unspecified atom stereocenters. The number of rotatable bonds is 8. The van der Waals surface area contributed by atoms with Crippen LogP contribution in [0.1, 0.15) is 64.1 Å². The van der Waals surface area contributed by atoms with Crippen LogP contribution >= 0.6 is 0 Å². The Morgan fingerprint density at radius 3 is 2.16 bits per heavy atom. The largest absolute Gasteiger partial charge is 0.478 e. The molecule has 0 aliphatic heterocycles. The number of carbonyl (C=O) groups excluding carboxylic acids is 1. The standard InChI is InChI=1S/C21H22O4/c1-2-3-4-19(22)16-8-5-15(6-9-16)7-14-20(23)17-10-12-18(13-11-17)21(24)25/h5-14,19,22H,2-4H2,1H3,(H,24,25)/b14-7+. The second kappa shape index (κ2) is 8.94. The highest BCUT2D eigenvalue weighted by Crippen LogP contribution is 2.20. The van der Waals surface area contributed by atoms with Crippen LogP contribution in [0.5, 0.6) is 0 Å². The van der Waals surface area contributed by atoms with E-state index >= 15 is 0 Å². The molecule has 0 radical (unpaired) electrons. The third-order valence-electron chi connectivity index (χ3n) is 4.00. The molecule has 1 atom stereocenters. The molecule has 2 aromatic carbocycles. The quantitative estimate of drug-likeness (QED) is 0.549. The predicted molar refractivity (Wildman–Crippen MR) is 97.7 cm³/mol. The minimum Gasteiger partial charge on any atom is -0.478 e. The summed E-state index contributed by atoms with van der Waals surface area (Å²) in [6.45, 7) is 2.09. The van der Waals surface area contributed by atoms with Crippen LogP contribution in [-0.2, 0) is 0 Å². The number of benzene rings is 2. The van der Waals surface area contributed by atoms with Crippen LogP contribution in [0.2, 0.25) is 0 Å². The molecule has 0 spiro atoms. The van der Waals surface area contributed by atoms with Gasteiger partial charge in [0.05, 0.1) is 11.7 Å². The van der Waals surface area contributed by atoms with Gasteiger partial charge >= 0.3 is 5.97 Å². The van der Waals surface area contributed by atoms with E-state index in [1.54, 1.807) is 6.08 Å². The first kappa shape index (κ1) is 18.6. The second-order valence-corrected chi connectivity index (χ2v) is 5.90. The maximum Gasteiger partial charge on any atom is 0.335 e. The van der Waals surface area contributed by atoms with Crippen molar-refractivity contribution in [3.8, 4) is 0 Å². The maximum atomic E-state index is 12.1. The molecule has 0 aromatic heterocycles. The summed E-state index contributed by atoms with van der Waals surface area (Å²) >= 11 is 0. The Hall–Kier alpha value is -2.72. The number of ketones is 1. The van der Waals surface area contributed by atoms with Crippen LogP contribution in [0, 0.1) is 0 Å². The lowest BCUT2D eigenvalue weighted by Gasteiger charge is -2.10. The van der Waals surface area contributed by atoms with Gasteiger partial charge in [-0.15, -0.1) is 0 Å². The first-order valence-corrected chi connectivity index (χ1v) is 8.35. The lowest BCUT2D eigenvalue weighted by atomic mass is 10.0. The number of aliphatic hydroxyl groups is 1. The highest BCUT2D eigenvalue weighted by molar-refractivity contribution is 6.07. The van der Waals surface area contributed by atoms with Crippen molar-refractivity contribution in [1.29, 1.82) is 0 Å². The molecule has 0 bridgehead atoms. The lowest BCUT2D eigenvalue weighted by Crippen LogP contribution is -1.99. The van der Waals surface area contributed by atoms with E-state index < -0.39 is 12.1 Å². The molecule has 0 fully saturated rings. The van der Waals surface area contributed by atoms with Crippen LogP contribution in [0.15, 0.2) is 54.6 Å². The van der Waals surface area contributed by atoms with Gasteiger partial charge in [-0.25, -0.2) is 4.79 Å². The molecule has 0 saturated carbocycles. The van der Waals surface area contributed by atoms with E-state index in [0.29, 0.717) is 5.56 Å². The summed E-state index contributed by atoms with van der Waals surface area (Å²) in [5.41, 5.74) is 2.33. The number of hydrogen-bond donors (Lipinski definition) is 2. The molecule has 130 valence electrons. The molecule has 0 saturated heterocycles. The van der Waals surface area contributed by atoms with Crippen LogP contribution < -0.4 is 0 Å². The van der Waals surface area contributed by atoms with E-state index in [0.717, 1.165) is 30.4 Å². The Bertz CT molecular complexity index is 742. The Morgan fingerprint density at radius 1 is 1.00 bits per heavy atom. The van der Waals surface area contributed by atoms with E-state index in [4.69, 9.17) is 5.11 Å². The first-order chi connectivity index (χ1) is 12.0. The van der Waals surface area contributed by atoms with Crippen LogP contribution in [0.4, 0.5) is 0 Å². The van der Waals surface area contributed by atoms with Gasteiger partial charge < -0.3 is 10.2 Å². The summed E-state index contributed by atoms with van der Waals surface area (Å²) in [5.74, 6) is -1.21. The maximum absolute atomic E-state index is 12.1. The van der Waals surface area contributed by atoms with Gasteiger partial charge in [-0.3, -0.25) is 4.79 Å². The Labute approximate surface area is 147 Å². The van der Waals surface area contributed by atoms with E-state index in [1.807, 2.05) is 24.3 Å². The zero-order chi connectivity index (χ0) is 18.2. The summed E-state index contributed by atoms with van der Waals surface area (Å²) in [6.07, 6.45) is 5.49. The van der Waals surface area contributed by atoms with Crippen molar-refractivity contribution in [3.63, 3.8) is 0 Å². The van der Waals surface area contributed by atoms with Gasteiger partial charge in [0.15, 0.2) is 5.78 Å². The molecule has 25 heavy (non-hydrogen) atoms. The molecule has 0 aliphatic carbocycles. The van der Waals surface area contributed by atoms with Crippen molar-refractivity contribution >= 4 is 17.8 Å². The zero-order valence-corrected chi connectivity index (χ0v) is 14.2. The number of carboxylic acids is 1. The normalized spacial score (nSPS) is 12.2. The number of carbonyl (C=O) groups is 2. The average Bonchev–Trinajstić information content (AvgIpc) is 2.64. The van der Waals surface area contributed by atoms with Crippen LogP contribution in [-0.4, -0.2) is 22.0 Å². The SMILES string of the molecule is CCCCC(O)c1ccc(/C=C/C(=O)c2ccc(C(=O)O)cc2)cc1. The molecule has 4 heteroatoms. The van der Waals surface area contributed by atoms with Gasteiger partial charge in [0, 0.05) is 5.56 Å². The summed E-state index contributed by atoms with van der Waals surface area (Å²) in [5, 5.41) is 18.9. The zero-order valence-electron chi connectivity index (χ0n) is 14.2. The number of unbranched alkanes of at least 4 members (excludes halogenated alkanes) is 1. The molecule has 2 aromatic rings. The number of allylic oxidation sites excluding steroid dienone is 1.